The number of nitrogens with zero attached hydrogens (tertiary/aromatic N) is 3. The van der Waals surface area contributed by atoms with Gasteiger partial charge in [-0.25, -0.2) is 0 Å². The molecule has 0 aliphatic heterocycles. The number of carbonyl (C=O) groups is 2. The highest BCUT2D eigenvalue weighted by molar-refractivity contribution is 7.86. The molecule has 0 unspecified atom stereocenters. The van der Waals surface area contributed by atoms with Gasteiger partial charge in [0.2, 0.25) is 11.9 Å². The number of aromatic nitrogens is 3. The smallest absolute Gasteiger partial charge is 0.315 e. The lowest BCUT2D eigenvalue weighted by Gasteiger charge is -2.32. The zero-order valence-electron chi connectivity index (χ0n) is 25.7. The minimum absolute atomic E-state index is 0.0197. The van der Waals surface area contributed by atoms with Gasteiger partial charge in [-0.1, -0.05) is 24.3 Å². The van der Waals surface area contributed by atoms with E-state index in [1.54, 1.807) is 6.07 Å². The van der Waals surface area contributed by atoms with E-state index >= 15 is 0 Å². The number of nitrogens with two attached hydrogens (primary N) is 1. The average molecular weight is 764 g/mol. The Bertz CT molecular complexity index is 2470. The van der Waals surface area contributed by atoms with Crippen molar-refractivity contribution in [1.29, 1.82) is 0 Å². The lowest BCUT2D eigenvalue weighted by molar-refractivity contribution is 0.0980. The van der Waals surface area contributed by atoms with Gasteiger partial charge in [0.05, 0.1) is 27.4 Å². The first kappa shape index (κ1) is 35.7. The van der Waals surface area contributed by atoms with Crippen LogP contribution in [0.3, 0.4) is 0 Å². The number of hydrogen-bond donors (Lipinski definition) is 7. The number of benzene rings is 3. The van der Waals surface area contributed by atoms with Crippen LogP contribution in [0, 0.1) is 6.08 Å². The summed E-state index contributed by atoms with van der Waals surface area (Å²) in [6, 6.07) is 8.32. The van der Waals surface area contributed by atoms with Gasteiger partial charge in [-0.05, 0) is 49.9 Å². The molecule has 51 heavy (non-hydrogen) atoms. The van der Waals surface area contributed by atoms with Crippen molar-refractivity contribution < 1.29 is 52.9 Å². The lowest BCUT2D eigenvalue weighted by atomic mass is 9.82. The van der Waals surface area contributed by atoms with Gasteiger partial charge in [-0.15, -0.1) is 0 Å². The molecule has 0 bridgehead atoms. The number of anilines is 5. The molecule has 1 saturated carbocycles. The first-order valence-electron chi connectivity index (χ1n) is 14.7. The molecule has 2 aliphatic rings. The molecule has 1 aromatic heterocycles. The average Bonchev–Trinajstić information content (AvgIpc) is 3.03. The molecule has 8 N–H and O–H groups in total. The Morgan fingerprint density at radius 3 is 1.78 bits per heavy atom. The molecular formula is C29H26FN7O11S3. The molecular weight excluding hydrogens is 738 g/mol. The van der Waals surface area contributed by atoms with Crippen LogP contribution in [0.1, 0.15) is 57.5 Å². The third-order valence-electron chi connectivity index (χ3n) is 8.28. The molecule has 0 amide bonds. The maximum Gasteiger partial charge on any atom is 0.315 e. The van der Waals surface area contributed by atoms with E-state index < -0.39 is 80.0 Å². The third-order valence-corrected chi connectivity index (χ3v) is 10.9. The summed E-state index contributed by atoms with van der Waals surface area (Å²) in [5, 5.41) is 8.35. The number of halogens is 1. The van der Waals surface area contributed by atoms with E-state index in [9.17, 15) is 52.9 Å². The zero-order chi connectivity index (χ0) is 37.0. The van der Waals surface area contributed by atoms with Crippen LogP contribution < -0.4 is 21.7 Å². The third kappa shape index (κ3) is 7.22. The van der Waals surface area contributed by atoms with Crippen molar-refractivity contribution in [3.8, 4) is 0 Å². The first-order chi connectivity index (χ1) is 23.8. The highest BCUT2D eigenvalue weighted by atomic mass is 32.2. The molecule has 1 fully saturated rings. The maximum absolute atomic E-state index is 14.4. The molecule has 18 nitrogen and oxygen atoms in total. The summed E-state index contributed by atoms with van der Waals surface area (Å²) >= 11 is 0. The Balaban J connectivity index is 1.21. The molecule has 0 atom stereocenters. The molecule has 3 aromatic carbocycles. The van der Waals surface area contributed by atoms with Gasteiger partial charge >= 0.3 is 6.08 Å². The number of hydrogen-bond acceptors (Lipinski definition) is 15. The minimum Gasteiger partial charge on any atom is -0.397 e. The molecule has 1 heterocycles. The van der Waals surface area contributed by atoms with Crippen LogP contribution in [0.2, 0.25) is 0 Å². The van der Waals surface area contributed by atoms with E-state index in [1.165, 1.54) is 18.2 Å². The van der Waals surface area contributed by atoms with Crippen LogP contribution in [0.15, 0.2) is 63.2 Å². The monoisotopic (exact) mass is 763 g/mol. The molecule has 0 spiro atoms. The Kier molecular flexibility index (Phi) is 9.02. The van der Waals surface area contributed by atoms with Gasteiger partial charge in [-0.2, -0.15) is 44.6 Å². The first-order valence-corrected chi connectivity index (χ1v) is 19.1. The van der Waals surface area contributed by atoms with E-state index in [0.717, 1.165) is 12.1 Å². The summed E-state index contributed by atoms with van der Waals surface area (Å²) in [5.74, 6) is -2.13. The van der Waals surface area contributed by atoms with Crippen molar-refractivity contribution in [1.82, 2.24) is 15.0 Å². The van der Waals surface area contributed by atoms with E-state index in [2.05, 4.69) is 30.9 Å². The standard InChI is InChI=1S/C29H26FN7O11S3/c30-27-35-28(37-29(36-27)34-18-11-15(49(40,41)42)9-10-20(18)50(43,44)45)33-14-7-5-13(6-8-14)32-19-12-21(51(46,47)48)24(31)23-22(19)25(38)16-3-1-2-4-17(16)26(23)39/h1-4,9-14,32H,5-8,31H2,(H,40,41,42)(H,43,44,45)(H,46,47,48)(H2,33,34,35,36,37). The fraction of sp³-hybridized carbons (Fsp3) is 0.207. The Labute approximate surface area is 289 Å². The Morgan fingerprint density at radius 1 is 0.667 bits per heavy atom. The molecule has 4 aromatic rings. The maximum atomic E-state index is 14.4. The van der Waals surface area contributed by atoms with Crippen molar-refractivity contribution in [2.45, 2.75) is 52.5 Å². The van der Waals surface area contributed by atoms with E-state index in [1.807, 2.05) is 0 Å². The number of ketones is 2. The molecule has 2 aliphatic carbocycles. The quantitative estimate of drug-likeness (QED) is 0.0838. The summed E-state index contributed by atoms with van der Waals surface area (Å²) in [5.41, 5.74) is 4.52. The Hall–Kier alpha value is -5.13. The SMILES string of the molecule is Nc1c(S(=O)(=O)O)cc(NC2CCC(Nc3nc(F)nc(Nc4cc(S(=O)(=O)O)ccc4S(=O)(=O)O)n3)CC2)c2c1C(=O)c1ccccc1C2=O. The summed E-state index contributed by atoms with van der Waals surface area (Å²) in [7, 11) is -14.7. The van der Waals surface area contributed by atoms with Crippen LogP contribution in [-0.4, -0.2) is 77.5 Å². The van der Waals surface area contributed by atoms with Crippen molar-refractivity contribution in [3.05, 3.63) is 76.9 Å². The summed E-state index contributed by atoms with van der Waals surface area (Å²) in [4.78, 5) is 35.7. The van der Waals surface area contributed by atoms with Gasteiger partial charge in [-0.3, -0.25) is 23.2 Å². The molecule has 268 valence electrons. The van der Waals surface area contributed by atoms with Crippen molar-refractivity contribution in [2.75, 3.05) is 21.7 Å². The van der Waals surface area contributed by atoms with Crippen molar-refractivity contribution >= 4 is 70.9 Å². The van der Waals surface area contributed by atoms with Gasteiger partial charge in [0.1, 0.15) is 9.79 Å². The Morgan fingerprint density at radius 2 is 1.22 bits per heavy atom. The highest BCUT2D eigenvalue weighted by Gasteiger charge is 2.37. The number of nitrogen functional groups attached to an aromatic ring is 1. The highest BCUT2D eigenvalue weighted by Crippen LogP contribution is 2.40. The van der Waals surface area contributed by atoms with Crippen molar-refractivity contribution in [3.63, 3.8) is 0 Å². The van der Waals surface area contributed by atoms with Gasteiger partial charge in [0, 0.05) is 28.9 Å². The van der Waals surface area contributed by atoms with Crippen molar-refractivity contribution in [2.24, 2.45) is 0 Å². The number of nitrogens with one attached hydrogen (secondary N) is 3. The largest absolute Gasteiger partial charge is 0.397 e. The van der Waals surface area contributed by atoms with Gasteiger partial charge in [0.15, 0.2) is 11.6 Å². The topological polar surface area (TPSA) is 298 Å². The number of rotatable bonds is 9. The van der Waals surface area contributed by atoms with Crippen LogP contribution in [0.5, 0.6) is 0 Å². The second kappa shape index (κ2) is 12.9. The fourth-order valence-electron chi connectivity index (χ4n) is 5.99. The zero-order valence-corrected chi connectivity index (χ0v) is 28.2. The van der Waals surface area contributed by atoms with Gasteiger partial charge in [0.25, 0.3) is 30.4 Å². The summed E-state index contributed by atoms with van der Waals surface area (Å²) in [6.07, 6.45) is 0.225. The number of carbonyl (C=O) groups excluding carboxylic acids is 2. The van der Waals surface area contributed by atoms with Crippen LogP contribution in [0.25, 0.3) is 0 Å². The molecule has 22 heteroatoms. The summed E-state index contributed by atoms with van der Waals surface area (Å²) < 4.78 is 115. The van der Waals surface area contributed by atoms with Crippen LogP contribution >= 0.6 is 0 Å². The van der Waals surface area contributed by atoms with Crippen LogP contribution in [0.4, 0.5) is 33.3 Å². The molecule has 6 rings (SSSR count). The lowest BCUT2D eigenvalue weighted by Crippen LogP contribution is -2.34. The minimum atomic E-state index is -4.93. The van der Waals surface area contributed by atoms with E-state index in [4.69, 9.17) is 5.73 Å². The second-order valence-corrected chi connectivity index (χ2v) is 15.8. The predicted octanol–water partition coefficient (Wildman–Crippen LogP) is 2.69. The normalized spacial score (nSPS) is 17.7. The summed E-state index contributed by atoms with van der Waals surface area (Å²) in [6.45, 7) is 0. The molecule has 0 saturated heterocycles. The van der Waals surface area contributed by atoms with E-state index in [0.29, 0.717) is 37.8 Å². The van der Waals surface area contributed by atoms with E-state index in [-0.39, 0.29) is 46.0 Å². The van der Waals surface area contributed by atoms with Crippen LogP contribution in [-0.2, 0) is 30.4 Å². The second-order valence-electron chi connectivity index (χ2n) is 11.6. The van der Waals surface area contributed by atoms with Gasteiger partial charge < -0.3 is 21.7 Å². The predicted molar refractivity (Wildman–Crippen MR) is 176 cm³/mol. The molecule has 0 radical (unpaired) electrons. The fourth-order valence-corrected chi connectivity index (χ4v) is 7.77. The number of fused-ring (bicyclic) bond motifs is 2.